The molecule has 1 saturated heterocycles. The van der Waals surface area contributed by atoms with Crippen molar-refractivity contribution in [3.05, 3.63) is 48.6 Å². The summed E-state index contributed by atoms with van der Waals surface area (Å²) in [5.41, 5.74) is 0.868. The van der Waals surface area contributed by atoms with E-state index in [0.717, 1.165) is 31.4 Å². The first-order chi connectivity index (χ1) is 9.22. The molecule has 3 heteroatoms. The van der Waals surface area contributed by atoms with Crippen molar-refractivity contribution in [1.29, 1.82) is 0 Å². The molecule has 0 aromatic rings. The Bertz CT molecular complexity index is 428. The summed E-state index contributed by atoms with van der Waals surface area (Å²) >= 11 is 0. The minimum Gasteiger partial charge on any atom is -0.481 e. The van der Waals surface area contributed by atoms with Crippen molar-refractivity contribution in [2.24, 2.45) is 11.8 Å². The van der Waals surface area contributed by atoms with Crippen LogP contribution in [0.4, 0.5) is 0 Å². The van der Waals surface area contributed by atoms with Crippen LogP contribution in [0.5, 0.6) is 0 Å². The molecule has 3 atom stereocenters. The van der Waals surface area contributed by atoms with Gasteiger partial charge in [-0.25, -0.2) is 0 Å². The maximum absolute atomic E-state index is 11.6. The smallest absolute Gasteiger partial charge is 0.312 e. The molecule has 3 nitrogen and oxygen atoms in total. The van der Waals surface area contributed by atoms with Crippen LogP contribution in [0.3, 0.4) is 0 Å². The number of aliphatic carboxylic acids is 1. The summed E-state index contributed by atoms with van der Waals surface area (Å²) in [6.07, 6.45) is 14.8. The Labute approximate surface area is 114 Å². The number of allylic oxidation sites excluding steroid dienone is 6. The molecule has 0 bridgehead atoms. The molecule has 0 saturated carbocycles. The van der Waals surface area contributed by atoms with Crippen molar-refractivity contribution in [2.45, 2.75) is 25.3 Å². The number of carboxylic acids is 1. The fourth-order valence-corrected chi connectivity index (χ4v) is 2.71. The Hall–Kier alpha value is -1.61. The molecule has 0 radical (unpaired) electrons. The Morgan fingerprint density at radius 2 is 2.32 bits per heavy atom. The first kappa shape index (κ1) is 13.8. The predicted octanol–water partition coefficient (Wildman–Crippen LogP) is 2.68. The second kappa shape index (κ2) is 6.53. The van der Waals surface area contributed by atoms with Gasteiger partial charge < -0.3 is 10.4 Å². The second-order valence-electron chi connectivity index (χ2n) is 5.10. The highest BCUT2D eigenvalue weighted by molar-refractivity contribution is 5.76. The highest BCUT2D eigenvalue weighted by atomic mass is 16.4. The van der Waals surface area contributed by atoms with E-state index in [4.69, 9.17) is 0 Å². The third kappa shape index (κ3) is 3.44. The van der Waals surface area contributed by atoms with Gasteiger partial charge in [0.15, 0.2) is 0 Å². The summed E-state index contributed by atoms with van der Waals surface area (Å²) in [6, 6.07) is 0.0378. The maximum atomic E-state index is 11.6. The molecule has 102 valence electrons. The van der Waals surface area contributed by atoms with Crippen LogP contribution in [0.1, 0.15) is 19.3 Å². The van der Waals surface area contributed by atoms with Crippen molar-refractivity contribution in [1.82, 2.24) is 5.32 Å². The largest absolute Gasteiger partial charge is 0.481 e. The highest BCUT2D eigenvalue weighted by Crippen LogP contribution is 2.25. The molecule has 3 unspecified atom stereocenters. The first-order valence-corrected chi connectivity index (χ1v) is 6.87. The number of rotatable bonds is 4. The molecule has 0 amide bonds. The van der Waals surface area contributed by atoms with Crippen LogP contribution in [0.25, 0.3) is 0 Å². The van der Waals surface area contributed by atoms with Crippen LogP contribution in [-0.4, -0.2) is 23.7 Å². The monoisotopic (exact) mass is 259 g/mol. The molecule has 1 aliphatic carbocycles. The van der Waals surface area contributed by atoms with Crippen molar-refractivity contribution in [3.8, 4) is 0 Å². The number of carbonyl (C=O) groups is 1. The number of carboxylic acid groups (broad SMARTS) is 1. The van der Waals surface area contributed by atoms with Gasteiger partial charge in [-0.15, -0.1) is 6.58 Å². The van der Waals surface area contributed by atoms with Gasteiger partial charge in [-0.1, -0.05) is 42.9 Å². The molecule has 19 heavy (non-hydrogen) atoms. The van der Waals surface area contributed by atoms with E-state index in [2.05, 4.69) is 11.9 Å². The first-order valence-electron chi connectivity index (χ1n) is 6.87. The van der Waals surface area contributed by atoms with E-state index in [1.54, 1.807) is 0 Å². The van der Waals surface area contributed by atoms with Gasteiger partial charge in [0.1, 0.15) is 0 Å². The minimum atomic E-state index is -0.749. The number of hydrogen-bond donors (Lipinski definition) is 2. The summed E-state index contributed by atoms with van der Waals surface area (Å²) in [4.78, 5) is 11.6. The van der Waals surface area contributed by atoms with Crippen molar-refractivity contribution >= 4 is 5.97 Å². The standard InChI is InChI=1S/C16H21NO2/c1-2-12-6-5-7-13(10-9-12)15(16(18)19)14-8-3-4-11-17-14/h2,5-7,9-10,12,14-15,17H,1,3-4,8,11H2,(H,18,19). The fraction of sp³-hybridized carbons (Fsp3) is 0.438. The van der Waals surface area contributed by atoms with Gasteiger partial charge in [0.25, 0.3) is 0 Å². The van der Waals surface area contributed by atoms with Gasteiger partial charge in [0.05, 0.1) is 5.92 Å². The van der Waals surface area contributed by atoms with E-state index in [-0.39, 0.29) is 12.0 Å². The molecule has 2 aliphatic rings. The Balaban J connectivity index is 2.19. The third-order valence-corrected chi connectivity index (χ3v) is 3.78. The highest BCUT2D eigenvalue weighted by Gasteiger charge is 2.31. The molecular formula is C16H21NO2. The Kier molecular flexibility index (Phi) is 4.74. The van der Waals surface area contributed by atoms with Crippen molar-refractivity contribution in [3.63, 3.8) is 0 Å². The van der Waals surface area contributed by atoms with Crippen LogP contribution in [-0.2, 0) is 4.79 Å². The average Bonchev–Trinajstić information content (AvgIpc) is 2.65. The van der Waals surface area contributed by atoms with E-state index < -0.39 is 11.9 Å². The zero-order valence-corrected chi connectivity index (χ0v) is 11.1. The average molecular weight is 259 g/mol. The van der Waals surface area contributed by atoms with Crippen LogP contribution >= 0.6 is 0 Å². The molecule has 1 fully saturated rings. The van der Waals surface area contributed by atoms with Gasteiger partial charge in [0, 0.05) is 12.0 Å². The van der Waals surface area contributed by atoms with Gasteiger partial charge in [0.2, 0.25) is 0 Å². The van der Waals surface area contributed by atoms with Gasteiger partial charge in [-0.2, -0.15) is 0 Å². The van der Waals surface area contributed by atoms with Crippen LogP contribution in [0.2, 0.25) is 0 Å². The third-order valence-electron chi connectivity index (χ3n) is 3.78. The Morgan fingerprint density at radius 1 is 1.47 bits per heavy atom. The predicted molar refractivity (Wildman–Crippen MR) is 76.8 cm³/mol. The molecule has 1 heterocycles. The SMILES string of the molecule is C=CC1C=CC=C(C(C(=O)O)C2CCCCN2)C=C1. The van der Waals surface area contributed by atoms with E-state index in [1.165, 1.54) is 0 Å². The molecule has 1 aliphatic heterocycles. The van der Waals surface area contributed by atoms with Crippen LogP contribution < -0.4 is 5.32 Å². The molecule has 0 aromatic heterocycles. The normalized spacial score (nSPS) is 28.3. The maximum Gasteiger partial charge on any atom is 0.312 e. The number of nitrogens with one attached hydrogen (secondary N) is 1. The van der Waals surface area contributed by atoms with E-state index in [0.29, 0.717) is 0 Å². The molecule has 0 aromatic carbocycles. The second-order valence-corrected chi connectivity index (χ2v) is 5.10. The lowest BCUT2D eigenvalue weighted by atomic mass is 9.86. The van der Waals surface area contributed by atoms with E-state index >= 15 is 0 Å². The minimum absolute atomic E-state index is 0.0378. The zero-order valence-electron chi connectivity index (χ0n) is 11.1. The lowest BCUT2D eigenvalue weighted by Crippen LogP contribution is -2.43. The summed E-state index contributed by atoms with van der Waals surface area (Å²) in [6.45, 7) is 4.68. The zero-order chi connectivity index (χ0) is 13.7. The molecule has 0 spiro atoms. The van der Waals surface area contributed by atoms with Crippen molar-refractivity contribution in [2.75, 3.05) is 6.54 Å². The lowest BCUT2D eigenvalue weighted by molar-refractivity contribution is -0.141. The van der Waals surface area contributed by atoms with Crippen LogP contribution in [0.15, 0.2) is 48.6 Å². The summed E-state index contributed by atoms with van der Waals surface area (Å²) in [5.74, 6) is -1.03. The van der Waals surface area contributed by atoms with E-state index in [9.17, 15) is 9.90 Å². The molecule has 2 N–H and O–H groups in total. The number of piperidine rings is 1. The van der Waals surface area contributed by atoms with Gasteiger partial charge in [-0.3, -0.25) is 4.79 Å². The number of hydrogen-bond acceptors (Lipinski definition) is 2. The molecular weight excluding hydrogens is 238 g/mol. The topological polar surface area (TPSA) is 49.3 Å². The lowest BCUT2D eigenvalue weighted by Gasteiger charge is -2.29. The quantitative estimate of drug-likeness (QED) is 0.763. The molecule has 2 rings (SSSR count). The van der Waals surface area contributed by atoms with Gasteiger partial charge in [-0.05, 0) is 25.0 Å². The van der Waals surface area contributed by atoms with Crippen molar-refractivity contribution < 1.29 is 9.90 Å². The van der Waals surface area contributed by atoms with Crippen LogP contribution in [0, 0.1) is 11.8 Å². The Morgan fingerprint density at radius 3 is 2.95 bits per heavy atom. The summed E-state index contributed by atoms with van der Waals surface area (Å²) in [5, 5.41) is 12.9. The van der Waals surface area contributed by atoms with Gasteiger partial charge >= 0.3 is 5.97 Å². The summed E-state index contributed by atoms with van der Waals surface area (Å²) < 4.78 is 0. The van der Waals surface area contributed by atoms with E-state index in [1.807, 2.05) is 36.5 Å². The summed E-state index contributed by atoms with van der Waals surface area (Å²) in [7, 11) is 0. The fourth-order valence-electron chi connectivity index (χ4n) is 2.71.